The molecule has 4 rings (SSSR count). The van der Waals surface area contributed by atoms with Gasteiger partial charge >= 0.3 is 0 Å². The number of anilines is 2. The Kier molecular flexibility index (Phi) is 19.8. The molecule has 4 aromatic rings. The van der Waals surface area contributed by atoms with Crippen LogP contribution in [0.2, 0.25) is 0 Å². The number of aryl methyl sites for hydroxylation is 3. The number of hydrogen-bond acceptors (Lipinski definition) is 5. The van der Waals surface area contributed by atoms with Crippen molar-refractivity contribution in [3.63, 3.8) is 0 Å². The summed E-state index contributed by atoms with van der Waals surface area (Å²) < 4.78 is 0. The summed E-state index contributed by atoms with van der Waals surface area (Å²) in [5.41, 5.74) is 18.1. The lowest BCUT2D eigenvalue weighted by Crippen LogP contribution is -1.85. The molecule has 0 aliphatic rings. The van der Waals surface area contributed by atoms with Crippen molar-refractivity contribution in [3.05, 3.63) is 131 Å². The summed E-state index contributed by atoms with van der Waals surface area (Å²) in [6.45, 7) is 6.53. The first kappa shape index (κ1) is 34.5. The second kappa shape index (κ2) is 20.7. The van der Waals surface area contributed by atoms with Crippen molar-refractivity contribution in [3.8, 4) is 0 Å². The molecule has 36 heavy (non-hydrogen) atoms. The largest absolute Gasteiger partial charge is 0.412 e. The first-order valence-electron chi connectivity index (χ1n) is 11.4. The minimum absolute atomic E-state index is 0. The molecule has 0 unspecified atom stereocenters. The van der Waals surface area contributed by atoms with Crippen LogP contribution in [0.3, 0.4) is 0 Å². The molecule has 0 aliphatic heterocycles. The van der Waals surface area contributed by atoms with Crippen LogP contribution in [0.5, 0.6) is 0 Å². The third-order valence-electron chi connectivity index (χ3n) is 4.79. The number of nitrogen functional groups attached to an aromatic ring is 2. The van der Waals surface area contributed by atoms with Crippen LogP contribution in [0.1, 0.15) is 34.7 Å². The molecular formula is C30H43N3O3. The molecule has 0 spiro atoms. The predicted octanol–water partition coefficient (Wildman–Crippen LogP) is 5.41. The Bertz CT molecular complexity index is 914. The molecule has 0 saturated carbocycles. The maximum atomic E-state index is 8.59. The van der Waals surface area contributed by atoms with Crippen molar-refractivity contribution in [2.45, 2.75) is 40.4 Å². The molecule has 0 bridgehead atoms. The second-order valence-corrected chi connectivity index (χ2v) is 7.79. The second-order valence-electron chi connectivity index (χ2n) is 7.79. The van der Waals surface area contributed by atoms with E-state index in [0.29, 0.717) is 0 Å². The van der Waals surface area contributed by atoms with Crippen LogP contribution < -0.4 is 17.6 Å². The van der Waals surface area contributed by atoms with E-state index in [1.54, 1.807) is 48.5 Å². The molecule has 0 radical (unpaired) electrons. The van der Waals surface area contributed by atoms with Gasteiger partial charge in [-0.25, -0.2) is 0 Å². The van der Waals surface area contributed by atoms with Crippen LogP contribution in [0.25, 0.3) is 0 Å². The number of aliphatic hydroxyl groups is 2. The minimum atomic E-state index is 0. The zero-order chi connectivity index (χ0) is 25.2. The molecule has 0 saturated heterocycles. The highest BCUT2D eigenvalue weighted by molar-refractivity contribution is 5.39. The lowest BCUT2D eigenvalue weighted by atomic mass is 10.1. The summed E-state index contributed by atoms with van der Waals surface area (Å²) in [6, 6.07) is 33.2. The lowest BCUT2D eigenvalue weighted by Gasteiger charge is -1.94. The van der Waals surface area contributed by atoms with Gasteiger partial charge in [-0.15, -0.1) is 0 Å². The molecule has 6 heteroatoms. The standard InChI is InChI=1S/C9H12.2C7H9NO.C7H8.H3N.H2O/c1-3-9-6-4-8(2)5-7-9;2*8-7-3-1-6(5-9)2-4-7;1-7-5-3-2-4-6-7;;/h4-7H,3H2,1-2H3;2*1-4,9H,5,8H2;2-6H,1H3;1H3;1H2. The van der Waals surface area contributed by atoms with E-state index in [4.69, 9.17) is 21.7 Å². The first-order chi connectivity index (χ1) is 16.4. The molecule has 0 aromatic heterocycles. The highest BCUT2D eigenvalue weighted by Crippen LogP contribution is 2.05. The maximum absolute atomic E-state index is 8.59. The summed E-state index contributed by atoms with van der Waals surface area (Å²) >= 11 is 0. The van der Waals surface area contributed by atoms with Gasteiger partial charge < -0.3 is 33.3 Å². The van der Waals surface area contributed by atoms with Crippen LogP contribution in [-0.2, 0) is 19.6 Å². The molecule has 6 nitrogen and oxygen atoms in total. The molecule has 11 N–H and O–H groups in total. The number of benzene rings is 4. The number of nitrogens with two attached hydrogens (primary N) is 2. The maximum Gasteiger partial charge on any atom is 0.0681 e. The Morgan fingerprint density at radius 3 is 1.14 bits per heavy atom. The van der Waals surface area contributed by atoms with Gasteiger partial charge in [-0.05, 0) is 61.2 Å². The van der Waals surface area contributed by atoms with E-state index < -0.39 is 0 Å². The van der Waals surface area contributed by atoms with Crippen LogP contribution in [0.4, 0.5) is 11.4 Å². The molecular weight excluding hydrogens is 450 g/mol. The number of hydrogen-bond donors (Lipinski definition) is 5. The van der Waals surface area contributed by atoms with Crippen molar-refractivity contribution in [2.24, 2.45) is 0 Å². The Morgan fingerprint density at radius 1 is 0.528 bits per heavy atom. The fourth-order valence-electron chi connectivity index (χ4n) is 2.60. The lowest BCUT2D eigenvalue weighted by molar-refractivity contribution is 0.281. The fraction of sp³-hybridized carbons (Fsp3) is 0.200. The SMILES string of the molecule is CCc1ccc(C)cc1.Cc1ccccc1.N.Nc1ccc(CO)cc1.Nc1ccc(CO)cc1.O. The molecule has 4 aromatic carbocycles. The van der Waals surface area contributed by atoms with Gasteiger partial charge in [0.15, 0.2) is 0 Å². The van der Waals surface area contributed by atoms with E-state index in [1.807, 2.05) is 18.2 Å². The predicted molar refractivity (Wildman–Crippen MR) is 154 cm³/mol. The first-order valence-corrected chi connectivity index (χ1v) is 11.4. The van der Waals surface area contributed by atoms with E-state index in [2.05, 4.69) is 57.2 Å². The topological polar surface area (TPSA) is 159 Å². The van der Waals surface area contributed by atoms with E-state index in [-0.39, 0.29) is 24.8 Å². The normalized spacial score (nSPS) is 8.81. The van der Waals surface area contributed by atoms with Crippen LogP contribution in [0, 0.1) is 13.8 Å². The third kappa shape index (κ3) is 16.0. The molecule has 0 fully saturated rings. The highest BCUT2D eigenvalue weighted by Gasteiger charge is 1.87. The summed E-state index contributed by atoms with van der Waals surface area (Å²) in [5, 5.41) is 17.2. The van der Waals surface area contributed by atoms with Gasteiger partial charge in [0.2, 0.25) is 0 Å². The van der Waals surface area contributed by atoms with E-state index in [9.17, 15) is 0 Å². The number of rotatable bonds is 3. The zero-order valence-corrected chi connectivity index (χ0v) is 21.7. The van der Waals surface area contributed by atoms with Crippen molar-refractivity contribution in [1.82, 2.24) is 6.15 Å². The van der Waals surface area contributed by atoms with E-state index >= 15 is 0 Å². The molecule has 0 atom stereocenters. The zero-order valence-electron chi connectivity index (χ0n) is 21.7. The van der Waals surface area contributed by atoms with Crippen molar-refractivity contribution >= 4 is 11.4 Å². The van der Waals surface area contributed by atoms with Crippen LogP contribution in [0.15, 0.2) is 103 Å². The number of aliphatic hydroxyl groups excluding tert-OH is 2. The average Bonchev–Trinajstić information content (AvgIpc) is 2.87. The van der Waals surface area contributed by atoms with Crippen LogP contribution >= 0.6 is 0 Å². The van der Waals surface area contributed by atoms with Gasteiger partial charge in [-0.2, -0.15) is 0 Å². The van der Waals surface area contributed by atoms with Gasteiger partial charge in [0.1, 0.15) is 0 Å². The molecule has 0 heterocycles. The van der Waals surface area contributed by atoms with Gasteiger partial charge in [0.05, 0.1) is 13.2 Å². The van der Waals surface area contributed by atoms with Crippen LogP contribution in [-0.4, -0.2) is 15.7 Å². The fourth-order valence-corrected chi connectivity index (χ4v) is 2.60. The summed E-state index contributed by atoms with van der Waals surface area (Å²) in [5.74, 6) is 0. The molecule has 196 valence electrons. The highest BCUT2D eigenvalue weighted by atomic mass is 16.3. The van der Waals surface area contributed by atoms with Gasteiger partial charge in [-0.1, -0.05) is 96.9 Å². The molecule has 0 aliphatic carbocycles. The Balaban J connectivity index is 0. The Hall–Kier alpha value is -3.68. The van der Waals surface area contributed by atoms with Crippen molar-refractivity contribution in [2.75, 3.05) is 11.5 Å². The Labute approximate surface area is 216 Å². The minimum Gasteiger partial charge on any atom is -0.412 e. The quantitative estimate of drug-likeness (QED) is 0.241. The van der Waals surface area contributed by atoms with Crippen molar-refractivity contribution in [1.29, 1.82) is 0 Å². The summed E-state index contributed by atoms with van der Waals surface area (Å²) in [4.78, 5) is 0. The summed E-state index contributed by atoms with van der Waals surface area (Å²) in [7, 11) is 0. The van der Waals surface area contributed by atoms with Gasteiger partial charge in [0, 0.05) is 11.4 Å². The summed E-state index contributed by atoms with van der Waals surface area (Å²) in [6.07, 6.45) is 1.14. The molecule has 0 amide bonds. The van der Waals surface area contributed by atoms with Gasteiger partial charge in [-0.3, -0.25) is 0 Å². The monoisotopic (exact) mass is 493 g/mol. The third-order valence-corrected chi connectivity index (χ3v) is 4.79. The smallest absolute Gasteiger partial charge is 0.0681 e. The van der Waals surface area contributed by atoms with Crippen molar-refractivity contribution < 1.29 is 15.7 Å². The van der Waals surface area contributed by atoms with Gasteiger partial charge in [0.25, 0.3) is 0 Å². The Morgan fingerprint density at radius 2 is 0.861 bits per heavy atom. The van der Waals surface area contributed by atoms with E-state index in [1.165, 1.54) is 16.7 Å². The van der Waals surface area contributed by atoms with E-state index in [0.717, 1.165) is 28.9 Å². The average molecular weight is 494 g/mol.